The number of ketones is 4. The molecule has 12 heteroatoms. The molecule has 0 heterocycles. The first kappa shape index (κ1) is 28.8. The largest absolute Gasteiger partial charge is 0.507 e. The normalized spacial score (nSPS) is 31.0. The van der Waals surface area contributed by atoms with Crippen LogP contribution in [0.25, 0.3) is 0 Å². The Hall–Kier alpha value is -3.19. The topological polar surface area (TPSA) is 196 Å². The summed E-state index contributed by atoms with van der Waals surface area (Å²) in [5.74, 6) is -10.5. The predicted molar refractivity (Wildman–Crippen MR) is 141 cm³/mol. The number of phenols is 1. The lowest BCUT2D eigenvalue weighted by atomic mass is 9.52. The zero-order valence-corrected chi connectivity index (χ0v) is 22.9. The molecule has 2 fully saturated rings. The number of hydrogen-bond acceptors (Lipinski definition) is 11. The van der Waals surface area contributed by atoms with Gasteiger partial charge in [-0.05, 0) is 51.4 Å². The number of likely N-dealkylation sites (N-methyl/N-ethyl adjacent to an activating group) is 1. The molecule has 3 unspecified atom stereocenters. The Balaban J connectivity index is 1.84. The number of nitrogens with one attached hydrogen (secondary N) is 1. The van der Waals surface area contributed by atoms with Crippen molar-refractivity contribution in [3.8, 4) is 5.75 Å². The van der Waals surface area contributed by atoms with E-state index in [1.165, 1.54) is 4.90 Å². The summed E-state index contributed by atoms with van der Waals surface area (Å²) in [6.45, 7) is 2.51. The van der Waals surface area contributed by atoms with Gasteiger partial charge in [0.1, 0.15) is 5.75 Å². The molecule has 3 aliphatic rings. The van der Waals surface area contributed by atoms with Gasteiger partial charge in [-0.15, -0.1) is 0 Å². The van der Waals surface area contributed by atoms with Crippen molar-refractivity contribution in [3.05, 3.63) is 22.8 Å². The molecular weight excluding hydrogens is 506 g/mol. The van der Waals surface area contributed by atoms with Crippen LogP contribution in [0.3, 0.4) is 0 Å². The average Bonchev–Trinajstić information content (AvgIpc) is 2.81. The van der Waals surface area contributed by atoms with Crippen molar-refractivity contribution in [2.45, 2.75) is 44.0 Å². The molecule has 7 atom stereocenters. The molecule has 1 amide bonds. The maximum Gasteiger partial charge on any atom is 0.235 e. The van der Waals surface area contributed by atoms with Gasteiger partial charge in [-0.25, -0.2) is 0 Å². The van der Waals surface area contributed by atoms with Gasteiger partial charge in [-0.3, -0.25) is 28.9 Å². The van der Waals surface area contributed by atoms with E-state index in [0.717, 1.165) is 0 Å². The number of benzene rings is 1. The zero-order chi connectivity index (χ0) is 29.1. The fourth-order valence-corrected chi connectivity index (χ4v) is 6.67. The second-order valence-electron chi connectivity index (χ2n) is 11.5. The van der Waals surface area contributed by atoms with Crippen molar-refractivity contribution in [1.29, 1.82) is 0 Å². The fourth-order valence-electron chi connectivity index (χ4n) is 6.67. The SMILES string of the molecule is CC(N)CNCc1cc(N(C)C)c2c(c1O)C(=O)C1C(=O)[C@]3(O)C(=O)C(C(N)=O)C(=O)[C@@H](N(C)C)[C@@H]3C[C@@H]1C2. The van der Waals surface area contributed by atoms with E-state index < -0.39 is 64.4 Å². The average molecular weight is 544 g/mol. The molecule has 3 aliphatic carbocycles. The molecule has 1 aromatic rings. The van der Waals surface area contributed by atoms with E-state index in [1.54, 1.807) is 34.3 Å². The molecular formula is C27H37N5O7. The predicted octanol–water partition coefficient (Wildman–Crippen LogP) is -1.63. The quantitative estimate of drug-likeness (QED) is 0.248. The van der Waals surface area contributed by atoms with Crippen molar-refractivity contribution in [1.82, 2.24) is 10.2 Å². The van der Waals surface area contributed by atoms with Gasteiger partial charge in [0.15, 0.2) is 34.7 Å². The lowest BCUT2D eigenvalue weighted by Gasteiger charge is -2.52. The van der Waals surface area contributed by atoms with Gasteiger partial charge < -0.3 is 31.9 Å². The molecule has 0 aromatic heterocycles. The number of fused-ring (bicyclic) bond motifs is 3. The summed E-state index contributed by atoms with van der Waals surface area (Å²) in [6.07, 6.45) is 0.218. The van der Waals surface area contributed by atoms with E-state index in [1.807, 2.05) is 11.8 Å². The van der Waals surface area contributed by atoms with Crippen LogP contribution in [-0.4, -0.2) is 96.6 Å². The van der Waals surface area contributed by atoms with Crippen LogP contribution in [0.5, 0.6) is 5.75 Å². The molecule has 39 heavy (non-hydrogen) atoms. The molecule has 12 nitrogen and oxygen atoms in total. The molecule has 1 aromatic carbocycles. The number of nitrogens with two attached hydrogens (primary N) is 2. The van der Waals surface area contributed by atoms with Crippen LogP contribution in [-0.2, 0) is 32.1 Å². The van der Waals surface area contributed by atoms with E-state index in [-0.39, 0.29) is 36.7 Å². The Bertz CT molecular complexity index is 1260. The number of carbonyl (C=O) groups is 5. The highest BCUT2D eigenvalue weighted by Gasteiger charge is 2.69. The maximum atomic E-state index is 14.0. The minimum Gasteiger partial charge on any atom is -0.507 e. The van der Waals surface area contributed by atoms with Crippen LogP contribution < -0.4 is 21.7 Å². The number of hydrogen-bond donors (Lipinski definition) is 5. The van der Waals surface area contributed by atoms with Crippen molar-refractivity contribution < 1.29 is 34.2 Å². The maximum absolute atomic E-state index is 14.0. The molecule has 0 bridgehead atoms. The first-order valence-corrected chi connectivity index (χ1v) is 13.0. The molecule has 4 rings (SSSR count). The smallest absolute Gasteiger partial charge is 0.235 e. The van der Waals surface area contributed by atoms with Gasteiger partial charge in [0, 0.05) is 50.4 Å². The first-order chi connectivity index (χ1) is 18.1. The molecule has 0 radical (unpaired) electrons. The lowest BCUT2D eigenvalue weighted by Crippen LogP contribution is -2.74. The van der Waals surface area contributed by atoms with E-state index in [0.29, 0.717) is 23.4 Å². The Kier molecular flexibility index (Phi) is 7.45. The second kappa shape index (κ2) is 10.1. The van der Waals surface area contributed by atoms with Crippen molar-refractivity contribution >= 4 is 34.7 Å². The summed E-state index contributed by atoms with van der Waals surface area (Å²) in [5.41, 5.74) is 10.1. The molecule has 2 saturated carbocycles. The number of carbonyl (C=O) groups excluding carboxylic acids is 5. The first-order valence-electron chi connectivity index (χ1n) is 13.0. The molecule has 212 valence electrons. The summed E-state index contributed by atoms with van der Waals surface area (Å²) < 4.78 is 0. The Labute approximate surface area is 226 Å². The van der Waals surface area contributed by atoms with E-state index in [2.05, 4.69) is 5.32 Å². The number of aliphatic hydroxyl groups is 1. The van der Waals surface area contributed by atoms with Crippen LogP contribution in [0.15, 0.2) is 6.07 Å². The second-order valence-corrected chi connectivity index (χ2v) is 11.5. The van der Waals surface area contributed by atoms with Gasteiger partial charge >= 0.3 is 0 Å². The van der Waals surface area contributed by atoms with Crippen molar-refractivity contribution in [2.24, 2.45) is 35.1 Å². The number of anilines is 1. The summed E-state index contributed by atoms with van der Waals surface area (Å²) in [5, 5.41) is 26.0. The third-order valence-corrected chi connectivity index (χ3v) is 8.38. The fraction of sp³-hybridized carbons (Fsp3) is 0.593. The Morgan fingerprint density at radius 2 is 1.82 bits per heavy atom. The minimum atomic E-state index is -2.74. The summed E-state index contributed by atoms with van der Waals surface area (Å²) in [7, 11) is 6.71. The van der Waals surface area contributed by atoms with Crippen molar-refractivity contribution in [2.75, 3.05) is 39.6 Å². The van der Waals surface area contributed by atoms with Crippen LogP contribution in [0.1, 0.15) is 34.8 Å². The Morgan fingerprint density at radius 3 is 2.36 bits per heavy atom. The highest BCUT2D eigenvalue weighted by Crippen LogP contribution is 2.52. The minimum absolute atomic E-state index is 0.00915. The zero-order valence-electron chi connectivity index (χ0n) is 22.9. The van der Waals surface area contributed by atoms with Gasteiger partial charge in [-0.2, -0.15) is 0 Å². The van der Waals surface area contributed by atoms with E-state index in [4.69, 9.17) is 11.5 Å². The summed E-state index contributed by atoms with van der Waals surface area (Å²) >= 11 is 0. The number of phenolic OH excluding ortho intramolecular Hbond substituents is 1. The molecule has 7 N–H and O–H groups in total. The van der Waals surface area contributed by atoms with E-state index >= 15 is 0 Å². The number of amides is 1. The molecule has 0 saturated heterocycles. The van der Waals surface area contributed by atoms with Crippen LogP contribution in [0, 0.1) is 23.7 Å². The Morgan fingerprint density at radius 1 is 1.18 bits per heavy atom. The number of primary amides is 1. The van der Waals surface area contributed by atoms with E-state index in [9.17, 15) is 34.2 Å². The molecule has 0 aliphatic heterocycles. The van der Waals surface area contributed by atoms with Crippen LogP contribution in [0.4, 0.5) is 5.69 Å². The monoisotopic (exact) mass is 543 g/mol. The summed E-state index contributed by atoms with van der Waals surface area (Å²) in [6, 6.07) is 0.515. The van der Waals surface area contributed by atoms with Gasteiger partial charge in [0.05, 0.1) is 17.5 Å². The number of aromatic hydroxyl groups is 1. The van der Waals surface area contributed by atoms with Gasteiger partial charge in [0.2, 0.25) is 5.91 Å². The highest BCUT2D eigenvalue weighted by molar-refractivity contribution is 6.32. The van der Waals surface area contributed by atoms with Gasteiger partial charge in [-0.1, -0.05) is 0 Å². The number of Topliss-reactive ketones (excluding diaryl/α,β-unsaturated/α-hetero) is 4. The molecule has 0 spiro atoms. The number of nitrogens with zero attached hydrogens (tertiary/aromatic N) is 2. The lowest BCUT2D eigenvalue weighted by molar-refractivity contribution is -0.181. The van der Waals surface area contributed by atoms with Crippen LogP contribution in [0.2, 0.25) is 0 Å². The summed E-state index contributed by atoms with van der Waals surface area (Å²) in [4.78, 5) is 69.9. The third kappa shape index (κ3) is 4.35. The number of rotatable bonds is 7. The highest BCUT2D eigenvalue weighted by atomic mass is 16.3. The van der Waals surface area contributed by atoms with Crippen LogP contribution >= 0.6 is 0 Å². The third-order valence-electron chi connectivity index (χ3n) is 8.38. The standard InChI is InChI=1S/C27H37N5O7/c1-11(28)9-30-10-13-8-16(31(2)3)14-6-12-7-15-20(32(4)5)23(35)19(26(29)38)25(37)27(15,39)24(36)17(12)22(34)18(14)21(13)33/h8,11-12,15,17,19-20,30,33,39H,6-7,9-10,28H2,1-5H3,(H2,29,38)/t11?,12-,15-,17?,19?,20-,27-/m0/s1. The van der Waals surface area contributed by atoms with Gasteiger partial charge in [0.25, 0.3) is 0 Å². The van der Waals surface area contributed by atoms with Crippen molar-refractivity contribution in [3.63, 3.8) is 0 Å².